The van der Waals surface area contributed by atoms with E-state index >= 15 is 0 Å². The van der Waals surface area contributed by atoms with Crippen LogP contribution in [-0.4, -0.2) is 23.7 Å². The van der Waals surface area contributed by atoms with E-state index in [4.69, 9.17) is 27.9 Å². The van der Waals surface area contributed by atoms with E-state index in [-0.39, 0.29) is 17.6 Å². The molecular formula is C23H18Cl2FNO3. The summed E-state index contributed by atoms with van der Waals surface area (Å²) in [6, 6.07) is 18.5. The van der Waals surface area contributed by atoms with E-state index in [9.17, 15) is 14.0 Å². The first-order valence-corrected chi connectivity index (χ1v) is 10.1. The summed E-state index contributed by atoms with van der Waals surface area (Å²) < 4.78 is 18.9. The third-order valence-electron chi connectivity index (χ3n) is 4.29. The second kappa shape index (κ2) is 10.2. The van der Waals surface area contributed by atoms with E-state index in [1.807, 2.05) is 0 Å². The van der Waals surface area contributed by atoms with Gasteiger partial charge in [-0.25, -0.2) is 4.39 Å². The topological polar surface area (TPSA) is 55.4 Å². The van der Waals surface area contributed by atoms with Crippen molar-refractivity contribution in [1.82, 2.24) is 0 Å². The molecule has 3 rings (SSSR count). The number of carbonyl (C=O) groups is 2. The van der Waals surface area contributed by atoms with Gasteiger partial charge < -0.3 is 10.1 Å². The summed E-state index contributed by atoms with van der Waals surface area (Å²) in [6.45, 7) is 0. The van der Waals surface area contributed by atoms with Crippen molar-refractivity contribution in [2.45, 2.75) is 12.5 Å². The Hall–Kier alpha value is -2.89. The number of hydrogen-bond acceptors (Lipinski definition) is 3. The zero-order chi connectivity index (χ0) is 21.5. The molecule has 3 aromatic rings. The van der Waals surface area contributed by atoms with Gasteiger partial charge in [0.2, 0.25) is 5.78 Å². The van der Waals surface area contributed by atoms with Crippen molar-refractivity contribution >= 4 is 40.6 Å². The number of alkyl halides is 1. The van der Waals surface area contributed by atoms with Crippen LogP contribution in [0.25, 0.3) is 0 Å². The van der Waals surface area contributed by atoms with Gasteiger partial charge in [-0.05, 0) is 72.8 Å². The van der Waals surface area contributed by atoms with E-state index in [2.05, 4.69) is 5.32 Å². The number of halogens is 3. The second-order valence-corrected chi connectivity index (χ2v) is 7.26. The van der Waals surface area contributed by atoms with Gasteiger partial charge in [0.1, 0.15) is 11.6 Å². The van der Waals surface area contributed by atoms with Gasteiger partial charge in [-0.15, -0.1) is 11.6 Å². The van der Waals surface area contributed by atoms with Crippen LogP contribution < -0.4 is 10.1 Å². The summed E-state index contributed by atoms with van der Waals surface area (Å²) in [4.78, 5) is 24.9. The smallest absolute Gasteiger partial charge is 0.255 e. The van der Waals surface area contributed by atoms with Crippen molar-refractivity contribution < 1.29 is 18.7 Å². The molecule has 4 nitrogen and oxygen atoms in total. The molecule has 1 N–H and O–H groups in total. The molecular weight excluding hydrogens is 428 g/mol. The van der Waals surface area contributed by atoms with Gasteiger partial charge in [-0.3, -0.25) is 9.59 Å². The minimum atomic E-state index is -0.803. The highest BCUT2D eigenvalue weighted by atomic mass is 35.5. The third kappa shape index (κ3) is 5.81. The number of anilines is 1. The van der Waals surface area contributed by atoms with Crippen LogP contribution in [0.4, 0.5) is 10.1 Å². The lowest BCUT2D eigenvalue weighted by Gasteiger charge is -2.17. The Morgan fingerprint density at radius 1 is 0.900 bits per heavy atom. The standard InChI is InChI=1S/C23H18Cl2FNO3/c24-14-13-21(22(28)15-3-7-18(26)8-4-15)30-20-11-9-19(10-12-20)27-23(29)16-1-5-17(25)6-2-16/h1-12,21H,13-14H2,(H,27,29). The molecule has 0 fully saturated rings. The van der Waals surface area contributed by atoms with Crippen LogP contribution in [0, 0.1) is 5.82 Å². The lowest BCUT2D eigenvalue weighted by molar-refractivity contribution is 0.0787. The van der Waals surface area contributed by atoms with Crippen molar-refractivity contribution in [2.24, 2.45) is 0 Å². The van der Waals surface area contributed by atoms with Gasteiger partial charge in [-0.2, -0.15) is 0 Å². The molecule has 0 aliphatic carbocycles. The average Bonchev–Trinajstić information content (AvgIpc) is 2.75. The van der Waals surface area contributed by atoms with E-state index in [1.54, 1.807) is 48.5 Å². The molecule has 1 unspecified atom stereocenters. The Balaban J connectivity index is 1.66. The molecule has 0 saturated carbocycles. The highest BCUT2D eigenvalue weighted by Gasteiger charge is 2.21. The maximum absolute atomic E-state index is 13.1. The van der Waals surface area contributed by atoms with Crippen molar-refractivity contribution in [1.29, 1.82) is 0 Å². The van der Waals surface area contributed by atoms with E-state index in [1.165, 1.54) is 24.3 Å². The van der Waals surface area contributed by atoms with Gasteiger partial charge in [0.05, 0.1) is 0 Å². The molecule has 7 heteroatoms. The molecule has 0 radical (unpaired) electrons. The summed E-state index contributed by atoms with van der Waals surface area (Å²) in [5.41, 5.74) is 1.39. The summed E-state index contributed by atoms with van der Waals surface area (Å²) >= 11 is 11.7. The van der Waals surface area contributed by atoms with Crippen molar-refractivity contribution in [3.05, 3.63) is 94.8 Å². The number of carbonyl (C=O) groups excluding carboxylic acids is 2. The quantitative estimate of drug-likeness (QED) is 0.342. The van der Waals surface area contributed by atoms with Crippen LogP contribution in [0.2, 0.25) is 5.02 Å². The molecule has 1 atom stereocenters. The lowest BCUT2D eigenvalue weighted by atomic mass is 10.0. The summed E-state index contributed by atoms with van der Waals surface area (Å²) in [6.07, 6.45) is -0.505. The van der Waals surface area contributed by atoms with Crippen LogP contribution in [0.3, 0.4) is 0 Å². The van der Waals surface area contributed by atoms with Crippen LogP contribution in [0.15, 0.2) is 72.8 Å². The van der Waals surface area contributed by atoms with Gasteiger partial charge in [-0.1, -0.05) is 11.6 Å². The molecule has 0 heterocycles. The molecule has 3 aromatic carbocycles. The number of ether oxygens (including phenoxy) is 1. The molecule has 0 aliphatic rings. The fraction of sp³-hybridized carbons (Fsp3) is 0.130. The van der Waals surface area contributed by atoms with Crippen LogP contribution in [0.1, 0.15) is 27.1 Å². The summed E-state index contributed by atoms with van der Waals surface area (Å²) in [5, 5.41) is 3.33. The maximum atomic E-state index is 13.1. The highest BCUT2D eigenvalue weighted by Crippen LogP contribution is 2.21. The van der Waals surface area contributed by atoms with Crippen LogP contribution >= 0.6 is 23.2 Å². The normalized spacial score (nSPS) is 11.6. The molecule has 30 heavy (non-hydrogen) atoms. The average molecular weight is 446 g/mol. The van der Waals surface area contributed by atoms with E-state index < -0.39 is 11.9 Å². The zero-order valence-corrected chi connectivity index (χ0v) is 17.3. The minimum Gasteiger partial charge on any atom is -0.482 e. The first-order chi connectivity index (χ1) is 14.5. The zero-order valence-electron chi connectivity index (χ0n) is 15.8. The predicted octanol–water partition coefficient (Wildman–Crippen LogP) is 5.99. The highest BCUT2D eigenvalue weighted by molar-refractivity contribution is 6.30. The summed E-state index contributed by atoms with van der Waals surface area (Å²) in [7, 11) is 0. The first-order valence-electron chi connectivity index (χ1n) is 9.15. The molecule has 0 aromatic heterocycles. The van der Waals surface area contributed by atoms with Crippen molar-refractivity contribution in [3.63, 3.8) is 0 Å². The predicted molar refractivity (Wildman–Crippen MR) is 116 cm³/mol. The van der Waals surface area contributed by atoms with Gasteiger partial charge >= 0.3 is 0 Å². The number of hydrogen-bond donors (Lipinski definition) is 1. The molecule has 0 aliphatic heterocycles. The number of amides is 1. The Labute approximate surface area is 183 Å². The van der Waals surface area contributed by atoms with E-state index in [0.29, 0.717) is 34.0 Å². The van der Waals surface area contributed by atoms with Crippen LogP contribution in [0.5, 0.6) is 5.75 Å². The largest absolute Gasteiger partial charge is 0.482 e. The molecule has 0 saturated heterocycles. The lowest BCUT2D eigenvalue weighted by Crippen LogP contribution is -2.28. The van der Waals surface area contributed by atoms with E-state index in [0.717, 1.165) is 0 Å². The minimum absolute atomic E-state index is 0.229. The van der Waals surface area contributed by atoms with Gasteiger partial charge in [0, 0.05) is 34.1 Å². The van der Waals surface area contributed by atoms with Gasteiger partial charge in [0.25, 0.3) is 5.91 Å². The SMILES string of the molecule is O=C(Nc1ccc(OC(CCCl)C(=O)c2ccc(F)cc2)cc1)c1ccc(Cl)cc1. The number of ketones is 1. The number of nitrogens with one attached hydrogen (secondary N) is 1. The van der Waals surface area contributed by atoms with Crippen molar-refractivity contribution in [2.75, 3.05) is 11.2 Å². The fourth-order valence-electron chi connectivity index (χ4n) is 2.73. The maximum Gasteiger partial charge on any atom is 0.255 e. The molecule has 0 bridgehead atoms. The second-order valence-electron chi connectivity index (χ2n) is 6.44. The number of benzene rings is 3. The van der Waals surface area contributed by atoms with Crippen molar-refractivity contribution in [3.8, 4) is 5.75 Å². The monoisotopic (exact) mass is 445 g/mol. The van der Waals surface area contributed by atoms with Gasteiger partial charge in [0.15, 0.2) is 6.10 Å². The Morgan fingerprint density at radius 2 is 1.50 bits per heavy atom. The Bertz CT molecular complexity index is 1010. The molecule has 154 valence electrons. The molecule has 1 amide bonds. The molecule has 0 spiro atoms. The Kier molecular flexibility index (Phi) is 7.44. The van der Waals surface area contributed by atoms with Crippen LogP contribution in [-0.2, 0) is 0 Å². The third-order valence-corrected chi connectivity index (χ3v) is 4.76. The number of Topliss-reactive ketones (excluding diaryl/α,β-unsaturated/α-hetero) is 1. The summed E-state index contributed by atoms with van der Waals surface area (Å²) in [5.74, 6) is -0.294. The first kappa shape index (κ1) is 21.8. The Morgan fingerprint density at radius 3 is 2.10 bits per heavy atom. The number of rotatable bonds is 8. The fourth-order valence-corrected chi connectivity index (χ4v) is 3.05.